The van der Waals surface area contributed by atoms with Crippen molar-refractivity contribution < 1.29 is 22.4 Å². The first kappa shape index (κ1) is 20.4. The van der Waals surface area contributed by atoms with Gasteiger partial charge in [0.05, 0.1) is 18.8 Å². The van der Waals surface area contributed by atoms with Crippen LogP contribution in [-0.2, 0) is 11.8 Å². The van der Waals surface area contributed by atoms with E-state index in [0.717, 1.165) is 10.5 Å². The average Bonchev–Trinajstić information content (AvgIpc) is 3.39. The summed E-state index contributed by atoms with van der Waals surface area (Å²) in [6.07, 6.45) is 3.67. The number of hydrogen-bond donors (Lipinski definition) is 0. The van der Waals surface area contributed by atoms with Gasteiger partial charge in [-0.25, -0.2) is 4.98 Å². The first-order valence-corrected chi connectivity index (χ1v) is 9.54. The van der Waals surface area contributed by atoms with Crippen molar-refractivity contribution >= 4 is 11.7 Å². The largest absolute Gasteiger partial charge is 0.344 e. The van der Waals surface area contributed by atoms with E-state index in [1.54, 1.807) is 35.0 Å². The molecule has 4 rings (SSSR count). The number of carbonyl (C=O) groups is 1. The van der Waals surface area contributed by atoms with Crippen molar-refractivity contribution in [2.75, 3.05) is 31.1 Å². The van der Waals surface area contributed by atoms with Crippen LogP contribution in [0.25, 0.3) is 11.4 Å². The third-order valence-corrected chi connectivity index (χ3v) is 5.62. The van der Waals surface area contributed by atoms with Crippen molar-refractivity contribution in [3.8, 4) is 11.4 Å². The Balaban J connectivity index is 1.70. The Bertz CT molecular complexity index is 973. The Hall–Kier alpha value is -2.91. The molecule has 0 bridgehead atoms. The van der Waals surface area contributed by atoms with Gasteiger partial charge in [0.15, 0.2) is 0 Å². The molecule has 0 radical (unpaired) electrons. The van der Waals surface area contributed by atoms with Crippen LogP contribution in [0.5, 0.6) is 0 Å². The zero-order chi connectivity index (χ0) is 21.7. The zero-order valence-electron chi connectivity index (χ0n) is 16.4. The first-order chi connectivity index (χ1) is 14.1. The fourth-order valence-electron chi connectivity index (χ4n) is 3.98. The van der Waals surface area contributed by atoms with E-state index in [2.05, 4.69) is 16.7 Å². The highest BCUT2D eigenvalue weighted by atomic mass is 19.3. The molecular formula is C20H21F4N5O. The molecular weight excluding hydrogens is 402 g/mol. The number of amides is 1. The summed E-state index contributed by atoms with van der Waals surface area (Å²) in [4.78, 5) is 19.0. The van der Waals surface area contributed by atoms with Gasteiger partial charge in [0.25, 0.3) is 0 Å². The number of nitrogens with zero attached hydrogens (tertiary/aromatic N) is 5. The van der Waals surface area contributed by atoms with E-state index in [0.29, 0.717) is 30.9 Å². The molecule has 6 nitrogen and oxygen atoms in total. The highest BCUT2D eigenvalue weighted by Gasteiger charge is 2.63. The van der Waals surface area contributed by atoms with Gasteiger partial charge in [0.1, 0.15) is 11.5 Å². The Morgan fingerprint density at radius 2 is 1.90 bits per heavy atom. The third kappa shape index (κ3) is 3.44. The second kappa shape index (κ2) is 7.10. The number of aromatic nitrogens is 3. The van der Waals surface area contributed by atoms with Gasteiger partial charge in [0, 0.05) is 32.3 Å². The predicted molar refractivity (Wildman–Crippen MR) is 103 cm³/mol. The number of rotatable bonds is 4. The Morgan fingerprint density at radius 1 is 1.20 bits per heavy atom. The molecule has 0 N–H and O–H groups in total. The molecule has 2 aliphatic heterocycles. The highest BCUT2D eigenvalue weighted by molar-refractivity contribution is 5.87. The molecule has 0 spiro atoms. The SMILES string of the molecule is C=CC(=O)N1CCC(c2ccc(N3CC(F)(F)C(F)(F)C3)nc2-c2ccn(C)n2)C1. The molecule has 2 aliphatic rings. The van der Waals surface area contributed by atoms with E-state index in [4.69, 9.17) is 0 Å². The lowest BCUT2D eigenvalue weighted by atomic mass is 9.95. The minimum atomic E-state index is -4.12. The summed E-state index contributed by atoms with van der Waals surface area (Å²) in [5, 5.41) is 4.35. The monoisotopic (exact) mass is 423 g/mol. The van der Waals surface area contributed by atoms with Gasteiger partial charge >= 0.3 is 11.8 Å². The summed E-state index contributed by atoms with van der Waals surface area (Å²) < 4.78 is 56.3. The van der Waals surface area contributed by atoms with E-state index in [1.165, 1.54) is 12.1 Å². The van der Waals surface area contributed by atoms with Gasteiger partial charge in [0.2, 0.25) is 5.91 Å². The number of carbonyl (C=O) groups excluding carboxylic acids is 1. The average molecular weight is 423 g/mol. The van der Waals surface area contributed by atoms with E-state index in [1.807, 2.05) is 0 Å². The first-order valence-electron chi connectivity index (χ1n) is 9.54. The summed E-state index contributed by atoms with van der Waals surface area (Å²) in [5.41, 5.74) is 1.76. The van der Waals surface area contributed by atoms with Crippen LogP contribution in [0.4, 0.5) is 23.4 Å². The van der Waals surface area contributed by atoms with Crippen LogP contribution in [0.3, 0.4) is 0 Å². The Labute approximate surface area is 170 Å². The van der Waals surface area contributed by atoms with Crippen molar-refractivity contribution in [3.05, 3.63) is 42.6 Å². The molecule has 2 aromatic rings. The summed E-state index contributed by atoms with van der Waals surface area (Å²) in [6, 6.07) is 4.93. The molecule has 0 aliphatic carbocycles. The van der Waals surface area contributed by atoms with Crippen LogP contribution < -0.4 is 4.90 Å². The number of hydrogen-bond acceptors (Lipinski definition) is 4. The lowest BCUT2D eigenvalue weighted by Gasteiger charge is -2.20. The van der Waals surface area contributed by atoms with E-state index < -0.39 is 24.9 Å². The molecule has 2 fully saturated rings. The number of anilines is 1. The zero-order valence-corrected chi connectivity index (χ0v) is 16.4. The second-order valence-corrected chi connectivity index (χ2v) is 7.72. The molecule has 0 saturated carbocycles. The Kier molecular flexibility index (Phi) is 4.82. The molecule has 1 atom stereocenters. The maximum Gasteiger partial charge on any atom is 0.329 e. The number of pyridine rings is 1. The van der Waals surface area contributed by atoms with Gasteiger partial charge < -0.3 is 9.80 Å². The van der Waals surface area contributed by atoms with Crippen molar-refractivity contribution in [1.29, 1.82) is 0 Å². The van der Waals surface area contributed by atoms with E-state index >= 15 is 0 Å². The Morgan fingerprint density at radius 3 is 2.50 bits per heavy atom. The molecule has 160 valence electrons. The number of halogens is 4. The molecule has 2 aromatic heterocycles. The summed E-state index contributed by atoms with van der Waals surface area (Å²) in [6.45, 7) is 2.33. The quantitative estimate of drug-likeness (QED) is 0.560. The smallest absolute Gasteiger partial charge is 0.329 e. The van der Waals surface area contributed by atoms with Crippen LogP contribution >= 0.6 is 0 Å². The van der Waals surface area contributed by atoms with Crippen molar-refractivity contribution in [1.82, 2.24) is 19.7 Å². The lowest BCUT2D eigenvalue weighted by molar-refractivity contribution is -0.172. The normalized spacial score (nSPS) is 22.5. The van der Waals surface area contributed by atoms with Gasteiger partial charge in [-0.1, -0.05) is 12.6 Å². The van der Waals surface area contributed by atoms with Gasteiger partial charge in [-0.05, 0) is 30.2 Å². The standard InChI is InChI=1S/C20H21F4N5O/c1-3-17(30)28-9-6-13(10-28)14-4-5-16(25-18(14)15-7-8-27(2)26-15)29-11-19(21,22)20(23,24)12-29/h3-5,7-8,13H,1,6,9-12H2,2H3. The molecule has 4 heterocycles. The van der Waals surface area contributed by atoms with Gasteiger partial charge in [-0.15, -0.1) is 0 Å². The molecule has 0 aromatic carbocycles. The fraction of sp³-hybridized carbons (Fsp3) is 0.450. The minimum absolute atomic E-state index is 0.0334. The van der Waals surface area contributed by atoms with Crippen LogP contribution in [0.2, 0.25) is 0 Å². The summed E-state index contributed by atoms with van der Waals surface area (Å²) >= 11 is 0. The van der Waals surface area contributed by atoms with Crippen molar-refractivity contribution in [2.24, 2.45) is 7.05 Å². The summed E-state index contributed by atoms with van der Waals surface area (Å²) in [5.74, 6) is -8.38. The van der Waals surface area contributed by atoms with E-state index in [9.17, 15) is 22.4 Å². The predicted octanol–water partition coefficient (Wildman–Crippen LogP) is 3.07. The van der Waals surface area contributed by atoms with E-state index in [-0.39, 0.29) is 17.6 Å². The number of alkyl halides is 4. The highest BCUT2D eigenvalue weighted by Crippen LogP contribution is 2.43. The minimum Gasteiger partial charge on any atom is -0.344 e. The van der Waals surface area contributed by atoms with Crippen molar-refractivity contribution in [2.45, 2.75) is 24.2 Å². The van der Waals surface area contributed by atoms with Crippen molar-refractivity contribution in [3.63, 3.8) is 0 Å². The molecule has 1 amide bonds. The van der Waals surface area contributed by atoms with Crippen LogP contribution in [-0.4, -0.2) is 63.6 Å². The fourth-order valence-corrected chi connectivity index (χ4v) is 3.98. The maximum absolute atomic E-state index is 13.7. The molecule has 2 saturated heterocycles. The van der Waals surface area contributed by atoms with Gasteiger partial charge in [-0.2, -0.15) is 22.7 Å². The van der Waals surface area contributed by atoms with Crippen LogP contribution in [0.15, 0.2) is 37.1 Å². The van der Waals surface area contributed by atoms with Crippen LogP contribution in [0, 0.1) is 0 Å². The third-order valence-electron chi connectivity index (χ3n) is 5.62. The topological polar surface area (TPSA) is 54.3 Å². The number of aryl methyl sites for hydroxylation is 1. The lowest BCUT2D eigenvalue weighted by Crippen LogP contribution is -2.38. The summed E-state index contributed by atoms with van der Waals surface area (Å²) in [7, 11) is 1.73. The second-order valence-electron chi connectivity index (χ2n) is 7.72. The molecule has 10 heteroatoms. The molecule has 30 heavy (non-hydrogen) atoms. The maximum atomic E-state index is 13.7. The molecule has 1 unspecified atom stereocenters. The van der Waals surface area contributed by atoms with Crippen LogP contribution in [0.1, 0.15) is 17.9 Å². The van der Waals surface area contributed by atoms with Gasteiger partial charge in [-0.3, -0.25) is 9.48 Å². The number of likely N-dealkylation sites (tertiary alicyclic amines) is 1.